The number of fused-ring (bicyclic) bond motifs is 2. The van der Waals surface area contributed by atoms with Crippen molar-refractivity contribution < 1.29 is 19.7 Å². The molecule has 0 unspecified atom stereocenters. The molecular formula is C42H44N8O8. The van der Waals surface area contributed by atoms with Crippen LogP contribution in [0.1, 0.15) is 59.3 Å². The molecule has 6 aromatic rings. The Bertz CT molecular complexity index is 2680. The van der Waals surface area contributed by atoms with Crippen LogP contribution in [0.25, 0.3) is 22.3 Å². The number of rotatable bonds is 14. The summed E-state index contributed by atoms with van der Waals surface area (Å²) in [6.45, 7) is -0.709. The summed E-state index contributed by atoms with van der Waals surface area (Å²) in [6.07, 6.45) is 11.7. The Labute approximate surface area is 332 Å². The van der Waals surface area contributed by atoms with Crippen molar-refractivity contribution in [3.8, 4) is 36.2 Å². The van der Waals surface area contributed by atoms with Gasteiger partial charge in [-0.3, -0.25) is 18.7 Å². The van der Waals surface area contributed by atoms with Gasteiger partial charge in [-0.1, -0.05) is 36.1 Å². The standard InChI is InChI=1S/C42H44N8O8/c1-7-17-49-39(53)33-37(47(41(49)55)19-11-21-51)43-35(45(33)3)31-29(25-13-9-15-27(23-25)57-5)32(30(31)26-14-10-16-28(24-26)58-6)36-44-38-34(46(36)4)40(54)50(18-8-2)42(56)48(38)20-12-22-52/h1-2,9-10,13-16,23-24,29-32,51-52H,11-12,17-22H2,3-6H3. The molecule has 0 atom stereocenters. The number of aliphatic hydroxyl groups excluding tert-OH is 2. The third-order valence-corrected chi connectivity index (χ3v) is 11.2. The Morgan fingerprint density at radius 1 is 0.638 bits per heavy atom. The lowest BCUT2D eigenvalue weighted by atomic mass is 9.52. The van der Waals surface area contributed by atoms with Gasteiger partial charge in [0.1, 0.15) is 23.1 Å². The minimum Gasteiger partial charge on any atom is -0.497 e. The largest absolute Gasteiger partial charge is 0.497 e. The van der Waals surface area contributed by atoms with E-state index < -0.39 is 46.2 Å². The van der Waals surface area contributed by atoms with Crippen molar-refractivity contribution in [1.82, 2.24) is 37.4 Å². The van der Waals surface area contributed by atoms with E-state index in [0.29, 0.717) is 23.1 Å². The number of methoxy groups -OCH3 is 2. The molecule has 16 heteroatoms. The Hall–Kier alpha value is -6.62. The predicted molar refractivity (Wildman–Crippen MR) is 216 cm³/mol. The minimum atomic E-state index is -0.629. The summed E-state index contributed by atoms with van der Waals surface area (Å²) < 4.78 is 19.5. The second-order valence-electron chi connectivity index (χ2n) is 14.3. The van der Waals surface area contributed by atoms with E-state index in [1.165, 1.54) is 9.13 Å². The van der Waals surface area contributed by atoms with Crippen molar-refractivity contribution >= 4 is 22.3 Å². The van der Waals surface area contributed by atoms with Gasteiger partial charge < -0.3 is 28.8 Å². The van der Waals surface area contributed by atoms with E-state index in [4.69, 9.17) is 32.3 Å². The lowest BCUT2D eigenvalue weighted by Gasteiger charge is -2.52. The second-order valence-corrected chi connectivity index (χ2v) is 14.3. The summed E-state index contributed by atoms with van der Waals surface area (Å²) in [5, 5.41) is 19.5. The number of aromatic nitrogens is 8. The molecule has 58 heavy (non-hydrogen) atoms. The van der Waals surface area contributed by atoms with Crippen molar-refractivity contribution in [2.45, 2.75) is 62.7 Å². The molecule has 2 N–H and O–H groups in total. The number of aryl methyl sites for hydroxylation is 4. The zero-order valence-electron chi connectivity index (χ0n) is 32.7. The molecule has 300 valence electrons. The van der Waals surface area contributed by atoms with E-state index in [1.54, 1.807) is 37.4 Å². The predicted octanol–water partition coefficient (Wildman–Crippen LogP) is 1.60. The number of ether oxygens (including phenoxy) is 2. The summed E-state index contributed by atoms with van der Waals surface area (Å²) in [7, 11) is 6.61. The summed E-state index contributed by atoms with van der Waals surface area (Å²) >= 11 is 0. The van der Waals surface area contributed by atoms with Crippen molar-refractivity contribution in [3.05, 3.63) is 113 Å². The van der Waals surface area contributed by atoms with Gasteiger partial charge in [0.2, 0.25) is 0 Å². The van der Waals surface area contributed by atoms with Gasteiger partial charge in [0.25, 0.3) is 11.1 Å². The number of imidazole rings is 2. The lowest BCUT2D eigenvalue weighted by molar-refractivity contribution is 0.204. The van der Waals surface area contributed by atoms with E-state index in [2.05, 4.69) is 11.8 Å². The highest BCUT2D eigenvalue weighted by atomic mass is 16.5. The number of hydrogen-bond acceptors (Lipinski definition) is 10. The molecule has 4 heterocycles. The van der Waals surface area contributed by atoms with Gasteiger partial charge in [0.15, 0.2) is 22.3 Å². The first-order valence-electron chi connectivity index (χ1n) is 18.8. The van der Waals surface area contributed by atoms with Gasteiger partial charge in [-0.2, -0.15) is 0 Å². The van der Waals surface area contributed by atoms with Crippen LogP contribution in [0.5, 0.6) is 11.5 Å². The highest BCUT2D eigenvalue weighted by molar-refractivity contribution is 5.73. The average Bonchev–Trinajstić information content (AvgIpc) is 3.73. The van der Waals surface area contributed by atoms with Crippen molar-refractivity contribution in [2.24, 2.45) is 14.1 Å². The second kappa shape index (κ2) is 16.1. The molecule has 1 aliphatic rings. The van der Waals surface area contributed by atoms with Crippen LogP contribution in [-0.2, 0) is 40.3 Å². The van der Waals surface area contributed by atoms with Crippen LogP contribution < -0.4 is 32.0 Å². The molecule has 1 saturated carbocycles. The van der Waals surface area contributed by atoms with E-state index in [9.17, 15) is 29.4 Å². The highest BCUT2D eigenvalue weighted by Crippen LogP contribution is 2.66. The molecule has 0 saturated heterocycles. The summed E-state index contributed by atoms with van der Waals surface area (Å²) in [4.78, 5) is 65.8. The Kier molecular flexibility index (Phi) is 11.0. The molecule has 0 amide bonds. The maximum absolute atomic E-state index is 14.1. The van der Waals surface area contributed by atoms with Crippen molar-refractivity contribution in [2.75, 3.05) is 27.4 Å². The maximum atomic E-state index is 14.1. The first kappa shape index (κ1) is 39.6. The first-order chi connectivity index (χ1) is 28.1. The van der Waals surface area contributed by atoms with Gasteiger partial charge in [-0.15, -0.1) is 12.8 Å². The lowest BCUT2D eigenvalue weighted by Crippen LogP contribution is -2.42. The van der Waals surface area contributed by atoms with Gasteiger partial charge in [0.05, 0.1) is 27.3 Å². The van der Waals surface area contributed by atoms with Crippen LogP contribution >= 0.6 is 0 Å². The fourth-order valence-corrected chi connectivity index (χ4v) is 8.59. The minimum absolute atomic E-state index is 0.0914. The van der Waals surface area contributed by atoms with Gasteiger partial charge >= 0.3 is 11.4 Å². The molecule has 0 aliphatic heterocycles. The number of hydrogen-bond donors (Lipinski definition) is 2. The first-order valence-corrected chi connectivity index (χ1v) is 18.8. The van der Waals surface area contributed by atoms with Crippen LogP contribution in [0.3, 0.4) is 0 Å². The number of terminal acetylenes is 2. The number of aliphatic hydroxyl groups is 2. The quantitative estimate of drug-likeness (QED) is 0.154. The highest BCUT2D eigenvalue weighted by Gasteiger charge is 2.57. The van der Waals surface area contributed by atoms with E-state index in [1.807, 2.05) is 48.5 Å². The van der Waals surface area contributed by atoms with Crippen molar-refractivity contribution in [1.29, 1.82) is 0 Å². The average molecular weight is 789 g/mol. The molecule has 0 bridgehead atoms. The van der Waals surface area contributed by atoms with Gasteiger partial charge in [-0.25, -0.2) is 28.7 Å². The van der Waals surface area contributed by atoms with Gasteiger partial charge in [-0.05, 0) is 48.2 Å². The molecule has 1 fully saturated rings. The van der Waals surface area contributed by atoms with Crippen LogP contribution in [0.15, 0.2) is 67.7 Å². The topological polar surface area (TPSA) is 183 Å². The molecule has 1 aliphatic carbocycles. The van der Waals surface area contributed by atoms with Crippen LogP contribution in [-0.4, -0.2) is 75.0 Å². The van der Waals surface area contributed by atoms with Crippen LogP contribution in [0, 0.1) is 24.7 Å². The zero-order chi connectivity index (χ0) is 41.4. The van der Waals surface area contributed by atoms with Gasteiger partial charge in [0, 0.05) is 64.1 Å². The molecule has 2 aromatic carbocycles. The number of nitrogens with zero attached hydrogens (tertiary/aromatic N) is 8. The summed E-state index contributed by atoms with van der Waals surface area (Å²) in [5.74, 6) is 5.15. The summed E-state index contributed by atoms with van der Waals surface area (Å²) in [6, 6.07) is 15.2. The number of benzene rings is 2. The molecular weight excluding hydrogens is 745 g/mol. The Balaban J connectivity index is 1.57. The SMILES string of the molecule is C#CCn1c(=O)c2c(nc(C3C(c4cccc(OC)c4)C(c4nc5c(c(=O)n(CC#C)c(=O)n5CCCO)n4C)C3c3cccc(OC)c3)n2C)n(CCCO)c1=O. The fraction of sp³-hybridized carbons (Fsp3) is 0.381. The normalized spacial score (nSPS) is 17.6. The maximum Gasteiger partial charge on any atom is 0.333 e. The van der Waals surface area contributed by atoms with Crippen molar-refractivity contribution in [3.63, 3.8) is 0 Å². The van der Waals surface area contributed by atoms with Crippen LogP contribution in [0.4, 0.5) is 0 Å². The smallest absolute Gasteiger partial charge is 0.333 e. The molecule has 7 rings (SSSR count). The molecule has 4 aromatic heterocycles. The van der Waals surface area contributed by atoms with Crippen LogP contribution in [0.2, 0.25) is 0 Å². The van der Waals surface area contributed by atoms with E-state index in [0.717, 1.165) is 20.3 Å². The molecule has 16 nitrogen and oxygen atoms in total. The third-order valence-electron chi connectivity index (χ3n) is 11.2. The third kappa shape index (κ3) is 6.31. The molecule has 0 radical (unpaired) electrons. The summed E-state index contributed by atoms with van der Waals surface area (Å²) in [5.41, 5.74) is -0.0831. The van der Waals surface area contributed by atoms with E-state index >= 15 is 0 Å². The monoisotopic (exact) mass is 788 g/mol. The Morgan fingerprint density at radius 3 is 1.38 bits per heavy atom. The zero-order valence-corrected chi connectivity index (χ0v) is 32.7. The fourth-order valence-electron chi connectivity index (χ4n) is 8.59. The van der Waals surface area contributed by atoms with E-state index in [-0.39, 0.29) is 74.6 Å². The molecule has 0 spiro atoms. The Morgan fingerprint density at radius 2 is 1.03 bits per heavy atom.